The first-order valence-corrected chi connectivity index (χ1v) is 5.59. The topological polar surface area (TPSA) is 26.3 Å². The third-order valence-corrected chi connectivity index (χ3v) is 3.40. The van der Waals surface area contributed by atoms with Crippen molar-refractivity contribution in [2.75, 3.05) is 6.61 Å². The van der Waals surface area contributed by atoms with E-state index in [4.69, 9.17) is 4.52 Å². The second kappa shape index (κ2) is 3.89. The fraction of sp³-hybridized carbons (Fsp3) is 0.500. The van der Waals surface area contributed by atoms with E-state index >= 15 is 0 Å². The minimum absolute atomic E-state index is 0.606. The summed E-state index contributed by atoms with van der Waals surface area (Å²) in [5.41, 5.74) is 0. The van der Waals surface area contributed by atoms with Crippen molar-refractivity contribution in [2.24, 2.45) is 0 Å². The molecule has 0 aromatic rings. The summed E-state index contributed by atoms with van der Waals surface area (Å²) in [5.74, 6) is 3.34. The van der Waals surface area contributed by atoms with Crippen molar-refractivity contribution in [3.05, 3.63) is 23.8 Å². The van der Waals surface area contributed by atoms with Crippen molar-refractivity contribution in [3.63, 3.8) is 0 Å². The normalized spacial score (nSPS) is 32.5. The molecule has 0 spiro atoms. The van der Waals surface area contributed by atoms with Gasteiger partial charge in [-0.05, 0) is 19.8 Å². The van der Waals surface area contributed by atoms with Gasteiger partial charge in [-0.3, -0.25) is 4.57 Å². The lowest BCUT2D eigenvalue weighted by Crippen LogP contribution is -1.85. The van der Waals surface area contributed by atoms with Crippen LogP contribution in [0.25, 0.3) is 0 Å². The average Bonchev–Trinajstić information content (AvgIpc) is 2.15. The molecule has 1 atom stereocenters. The zero-order chi connectivity index (χ0) is 8.16. The maximum absolute atomic E-state index is 11.7. The van der Waals surface area contributed by atoms with Crippen molar-refractivity contribution in [3.8, 4) is 0 Å². The predicted octanol–water partition coefficient (Wildman–Crippen LogP) is 3.12. The van der Waals surface area contributed by atoms with Crippen molar-refractivity contribution in [2.45, 2.75) is 19.8 Å². The number of hydrogen-bond donors (Lipinski definition) is 0. The Morgan fingerprint density at radius 3 is 3.18 bits per heavy atom. The molecular weight excluding hydrogens is 159 g/mol. The van der Waals surface area contributed by atoms with Gasteiger partial charge in [0.25, 0.3) is 0 Å². The summed E-state index contributed by atoms with van der Waals surface area (Å²) < 4.78 is 16.9. The third kappa shape index (κ3) is 2.64. The van der Waals surface area contributed by atoms with Gasteiger partial charge in [0.05, 0.1) is 6.61 Å². The lowest BCUT2D eigenvalue weighted by atomic mass is 10.3. The minimum atomic E-state index is -2.52. The van der Waals surface area contributed by atoms with Crippen molar-refractivity contribution >= 4 is 7.37 Å². The summed E-state index contributed by atoms with van der Waals surface area (Å²) in [7, 11) is -2.52. The lowest BCUT2D eigenvalue weighted by molar-refractivity contribution is 0.323. The number of hydrogen-bond acceptors (Lipinski definition) is 2. The van der Waals surface area contributed by atoms with E-state index in [1.165, 1.54) is 0 Å². The van der Waals surface area contributed by atoms with Crippen LogP contribution in [0.1, 0.15) is 19.8 Å². The maximum atomic E-state index is 11.7. The first kappa shape index (κ1) is 8.76. The molecule has 0 bridgehead atoms. The molecule has 1 rings (SSSR count). The molecular formula is C8H13O2P. The molecule has 11 heavy (non-hydrogen) atoms. The van der Waals surface area contributed by atoms with Gasteiger partial charge in [0.15, 0.2) is 0 Å². The third-order valence-electron chi connectivity index (χ3n) is 1.48. The second-order valence-electron chi connectivity index (χ2n) is 2.49. The van der Waals surface area contributed by atoms with Crippen LogP contribution in [-0.4, -0.2) is 6.61 Å². The van der Waals surface area contributed by atoms with Crippen LogP contribution in [0, 0.1) is 0 Å². The van der Waals surface area contributed by atoms with Gasteiger partial charge in [-0.1, -0.05) is 12.2 Å². The van der Waals surface area contributed by atoms with Crippen LogP contribution in [0.3, 0.4) is 0 Å². The highest BCUT2D eigenvalue weighted by Crippen LogP contribution is 2.51. The molecule has 0 saturated carbocycles. The lowest BCUT2D eigenvalue weighted by Gasteiger charge is -2.06. The van der Waals surface area contributed by atoms with Crippen LogP contribution in [0.4, 0.5) is 0 Å². The molecule has 0 aromatic heterocycles. The highest BCUT2D eigenvalue weighted by atomic mass is 31.2. The predicted molar refractivity (Wildman–Crippen MR) is 46.7 cm³/mol. The Kier molecular flexibility index (Phi) is 3.10. The van der Waals surface area contributed by atoms with Crippen molar-refractivity contribution in [1.29, 1.82) is 0 Å². The fourth-order valence-electron chi connectivity index (χ4n) is 0.973. The first-order valence-electron chi connectivity index (χ1n) is 3.82. The van der Waals surface area contributed by atoms with Crippen LogP contribution in [-0.2, 0) is 9.09 Å². The number of rotatable bonds is 1. The van der Waals surface area contributed by atoms with E-state index in [1.807, 2.05) is 13.0 Å². The molecule has 1 unspecified atom stereocenters. The van der Waals surface area contributed by atoms with Gasteiger partial charge in [-0.15, -0.1) is 0 Å². The van der Waals surface area contributed by atoms with E-state index in [2.05, 4.69) is 0 Å². The maximum Gasteiger partial charge on any atom is 0.246 e. The van der Waals surface area contributed by atoms with E-state index in [0.29, 0.717) is 6.61 Å². The smallest absolute Gasteiger partial charge is 0.246 e. The number of allylic oxidation sites excluding steroid dienone is 2. The summed E-state index contributed by atoms with van der Waals surface area (Å²) in [6, 6.07) is 0. The van der Waals surface area contributed by atoms with Gasteiger partial charge in [-0.2, -0.15) is 0 Å². The molecule has 3 heteroatoms. The summed E-state index contributed by atoms with van der Waals surface area (Å²) in [5, 5.41) is 0. The zero-order valence-corrected chi connectivity index (χ0v) is 7.59. The van der Waals surface area contributed by atoms with Crippen LogP contribution < -0.4 is 0 Å². The van der Waals surface area contributed by atoms with Crippen LogP contribution in [0.15, 0.2) is 23.8 Å². The highest BCUT2D eigenvalue weighted by Gasteiger charge is 2.15. The van der Waals surface area contributed by atoms with E-state index in [-0.39, 0.29) is 0 Å². The Hall–Kier alpha value is -0.330. The van der Waals surface area contributed by atoms with Crippen LogP contribution in [0.2, 0.25) is 0 Å². The fourth-order valence-corrected chi connectivity index (χ4v) is 2.52. The van der Waals surface area contributed by atoms with E-state index in [1.54, 1.807) is 17.7 Å². The Morgan fingerprint density at radius 1 is 1.64 bits per heavy atom. The summed E-state index contributed by atoms with van der Waals surface area (Å²) >= 11 is 0. The largest absolute Gasteiger partial charge is 0.323 e. The van der Waals surface area contributed by atoms with Crippen molar-refractivity contribution < 1.29 is 9.09 Å². The molecule has 0 saturated heterocycles. The molecule has 2 nitrogen and oxygen atoms in total. The molecule has 0 amide bonds. The highest BCUT2D eigenvalue weighted by molar-refractivity contribution is 7.65. The minimum Gasteiger partial charge on any atom is -0.323 e. The van der Waals surface area contributed by atoms with Gasteiger partial charge in [0.1, 0.15) is 0 Å². The Labute approximate surface area is 67.4 Å². The summed E-state index contributed by atoms with van der Waals surface area (Å²) in [4.78, 5) is 0. The zero-order valence-electron chi connectivity index (χ0n) is 6.69. The summed E-state index contributed by atoms with van der Waals surface area (Å²) in [6.07, 6.45) is 5.66. The van der Waals surface area contributed by atoms with E-state index in [9.17, 15) is 4.57 Å². The van der Waals surface area contributed by atoms with Gasteiger partial charge in [-0.25, -0.2) is 0 Å². The molecule has 0 aliphatic carbocycles. The van der Waals surface area contributed by atoms with Crippen molar-refractivity contribution in [1.82, 2.24) is 0 Å². The molecule has 1 heterocycles. The van der Waals surface area contributed by atoms with E-state index < -0.39 is 7.37 Å². The molecule has 1 aliphatic rings. The molecule has 0 aromatic carbocycles. The molecule has 1 aliphatic heterocycles. The second-order valence-corrected chi connectivity index (χ2v) is 4.63. The summed E-state index contributed by atoms with van der Waals surface area (Å²) in [6.45, 7) is 2.45. The molecule has 62 valence electrons. The quantitative estimate of drug-likeness (QED) is 0.568. The van der Waals surface area contributed by atoms with Gasteiger partial charge in [0.2, 0.25) is 7.37 Å². The van der Waals surface area contributed by atoms with Crippen LogP contribution >= 0.6 is 7.37 Å². The Morgan fingerprint density at radius 2 is 2.45 bits per heavy atom. The van der Waals surface area contributed by atoms with E-state index in [0.717, 1.165) is 12.8 Å². The Balaban J connectivity index is 2.74. The average molecular weight is 172 g/mol. The standard InChI is InChI=1S/C8H13O2P/c1-2-7-11(9)8-5-3-4-6-10-11/h2,5,7-8H,3-4,6H2,1H3/b7-2+. The molecule has 0 N–H and O–H groups in total. The van der Waals surface area contributed by atoms with Gasteiger partial charge >= 0.3 is 0 Å². The Bertz CT molecular complexity index is 218. The molecule has 0 radical (unpaired) electrons. The molecule has 0 fully saturated rings. The monoisotopic (exact) mass is 172 g/mol. The van der Waals surface area contributed by atoms with Gasteiger partial charge < -0.3 is 4.52 Å². The first-order chi connectivity index (χ1) is 5.27. The van der Waals surface area contributed by atoms with Gasteiger partial charge in [0, 0.05) is 11.6 Å². The van der Waals surface area contributed by atoms with Crippen LogP contribution in [0.5, 0.6) is 0 Å². The SMILES string of the molecule is C/C=C/P1(=O)C=CCCCO1.